The predicted octanol–water partition coefficient (Wildman–Crippen LogP) is 10.5. The Morgan fingerprint density at radius 2 is 1.30 bits per heavy atom. The first-order valence-corrected chi connectivity index (χ1v) is 14.0. The molecule has 37 heavy (non-hydrogen) atoms. The average Bonchev–Trinajstić information content (AvgIpc) is 2.84. The van der Waals surface area contributed by atoms with Crippen LogP contribution in [0.15, 0.2) is 36.4 Å². The zero-order chi connectivity index (χ0) is 26.8. The van der Waals surface area contributed by atoms with Gasteiger partial charge in [-0.15, -0.1) is 0 Å². The van der Waals surface area contributed by atoms with Crippen LogP contribution in [0.2, 0.25) is 0 Å². The molecule has 0 aromatic heterocycles. The van der Waals surface area contributed by atoms with E-state index in [1.807, 2.05) is 15.9 Å². The van der Waals surface area contributed by atoms with Gasteiger partial charge in [-0.2, -0.15) is 17.6 Å². The number of hydrogen-bond acceptors (Lipinski definition) is 1. The highest BCUT2D eigenvalue weighted by Crippen LogP contribution is 2.46. The van der Waals surface area contributed by atoms with E-state index in [1.165, 1.54) is 62.8 Å². The lowest BCUT2D eigenvalue weighted by atomic mass is 9.68. The first kappa shape index (κ1) is 28.3. The van der Waals surface area contributed by atoms with Gasteiger partial charge in [-0.3, -0.25) is 0 Å². The third kappa shape index (κ3) is 6.85. The molecule has 8 heteroatoms. The van der Waals surface area contributed by atoms with E-state index >= 15 is 0 Å². The monoisotopic (exact) mass is 590 g/mol. The SMILES string of the molecule is CCCC1CCC(C2CCC(C(F)(F)Oc3ccc(-c4cc(F)c(C(F)(F)Br)c(F)c4)cc3)CC2)CC1. The van der Waals surface area contributed by atoms with Crippen molar-refractivity contribution in [3.05, 3.63) is 53.6 Å². The molecule has 0 radical (unpaired) electrons. The van der Waals surface area contributed by atoms with Crippen LogP contribution < -0.4 is 4.74 Å². The number of alkyl halides is 5. The summed E-state index contributed by atoms with van der Waals surface area (Å²) in [6.45, 7) is 2.22. The maximum atomic E-state index is 15.0. The van der Waals surface area contributed by atoms with Gasteiger partial charge in [0.2, 0.25) is 0 Å². The van der Waals surface area contributed by atoms with Crippen LogP contribution in [-0.4, -0.2) is 6.11 Å². The molecule has 0 bridgehead atoms. The summed E-state index contributed by atoms with van der Waals surface area (Å²) in [5, 5.41) is 0. The van der Waals surface area contributed by atoms with Gasteiger partial charge < -0.3 is 4.74 Å². The zero-order valence-corrected chi connectivity index (χ0v) is 22.5. The van der Waals surface area contributed by atoms with Gasteiger partial charge in [-0.05, 0) is 108 Å². The second-order valence-corrected chi connectivity index (χ2v) is 11.7. The smallest absolute Gasteiger partial charge is 0.400 e. The molecule has 204 valence electrons. The lowest BCUT2D eigenvalue weighted by Crippen LogP contribution is -2.38. The minimum atomic E-state index is -3.85. The van der Waals surface area contributed by atoms with E-state index in [2.05, 4.69) is 6.92 Å². The van der Waals surface area contributed by atoms with E-state index in [-0.39, 0.29) is 16.9 Å². The Morgan fingerprint density at radius 3 is 1.78 bits per heavy atom. The van der Waals surface area contributed by atoms with Crippen molar-refractivity contribution in [2.24, 2.45) is 23.7 Å². The summed E-state index contributed by atoms with van der Waals surface area (Å²) in [4.78, 5) is -3.85. The first-order chi connectivity index (χ1) is 17.5. The molecule has 2 aromatic carbocycles. The average molecular weight is 591 g/mol. The molecule has 0 unspecified atom stereocenters. The molecule has 0 heterocycles. The van der Waals surface area contributed by atoms with Gasteiger partial charge in [0, 0.05) is 0 Å². The number of rotatable bonds is 8. The van der Waals surface area contributed by atoms with E-state index in [9.17, 15) is 26.3 Å². The van der Waals surface area contributed by atoms with Gasteiger partial charge in [0.15, 0.2) is 0 Å². The molecular formula is C29H33BrF6O. The maximum Gasteiger partial charge on any atom is 0.400 e. The van der Waals surface area contributed by atoms with Crippen molar-refractivity contribution in [3.8, 4) is 16.9 Å². The van der Waals surface area contributed by atoms with Crippen LogP contribution in [-0.2, 0) is 4.83 Å². The number of hydrogen-bond donors (Lipinski definition) is 0. The molecular weight excluding hydrogens is 558 g/mol. The molecule has 0 saturated heterocycles. The Labute approximate surface area is 223 Å². The topological polar surface area (TPSA) is 9.23 Å². The summed E-state index contributed by atoms with van der Waals surface area (Å²) < 4.78 is 90.1. The standard InChI is InChI=1S/C29H33BrF6O/c1-2-3-18-4-6-19(7-5-18)20-8-12-23(13-9-20)29(35,36)37-24-14-10-21(11-15-24)22-16-25(31)27(26(32)17-22)28(30,33)34/h10-11,14-20,23H,2-9,12-13H2,1H3. The molecule has 4 rings (SSSR count). The van der Waals surface area contributed by atoms with Gasteiger partial charge in [0.25, 0.3) is 0 Å². The van der Waals surface area contributed by atoms with Crippen molar-refractivity contribution in [2.45, 2.75) is 82.1 Å². The Morgan fingerprint density at radius 1 is 0.784 bits per heavy atom. The van der Waals surface area contributed by atoms with E-state index < -0.39 is 34.1 Å². The molecule has 0 amide bonds. The maximum absolute atomic E-state index is 15.0. The Kier molecular flexibility index (Phi) is 8.86. The van der Waals surface area contributed by atoms with Crippen LogP contribution in [0.25, 0.3) is 11.1 Å². The highest BCUT2D eigenvalue weighted by molar-refractivity contribution is 9.09. The molecule has 2 saturated carbocycles. The summed E-state index contributed by atoms with van der Waals surface area (Å²) in [6, 6.07) is 6.91. The highest BCUT2D eigenvalue weighted by atomic mass is 79.9. The van der Waals surface area contributed by atoms with Crippen molar-refractivity contribution in [3.63, 3.8) is 0 Å². The van der Waals surface area contributed by atoms with Crippen LogP contribution in [0.1, 0.15) is 76.7 Å². The van der Waals surface area contributed by atoms with Crippen molar-refractivity contribution >= 4 is 15.9 Å². The first-order valence-electron chi connectivity index (χ1n) is 13.2. The molecule has 0 atom stereocenters. The van der Waals surface area contributed by atoms with Crippen molar-refractivity contribution < 1.29 is 31.1 Å². The normalized spacial score (nSPS) is 25.2. The summed E-state index contributed by atoms with van der Waals surface area (Å²) in [5.74, 6) is -1.73. The summed E-state index contributed by atoms with van der Waals surface area (Å²) >= 11 is 1.97. The lowest BCUT2D eigenvalue weighted by Gasteiger charge is -2.39. The van der Waals surface area contributed by atoms with Crippen LogP contribution in [0.5, 0.6) is 5.75 Å². The molecule has 1 nitrogen and oxygen atoms in total. The van der Waals surface area contributed by atoms with Gasteiger partial charge in [-0.1, -0.05) is 44.7 Å². The molecule has 2 fully saturated rings. The minimum absolute atomic E-state index is 0.0101. The summed E-state index contributed by atoms with van der Waals surface area (Å²) in [5.41, 5.74) is -1.09. The molecule has 2 aliphatic carbocycles. The molecule has 0 spiro atoms. The second kappa shape index (κ2) is 11.6. The molecule has 0 aliphatic heterocycles. The van der Waals surface area contributed by atoms with Gasteiger partial charge in [0.1, 0.15) is 22.9 Å². The van der Waals surface area contributed by atoms with E-state index in [4.69, 9.17) is 4.74 Å². The predicted molar refractivity (Wildman–Crippen MR) is 136 cm³/mol. The molecule has 2 aliphatic rings. The van der Waals surface area contributed by atoms with E-state index in [0.717, 1.165) is 30.9 Å². The van der Waals surface area contributed by atoms with Crippen LogP contribution >= 0.6 is 15.9 Å². The Bertz CT molecular complexity index is 1010. The van der Waals surface area contributed by atoms with Gasteiger partial charge >= 0.3 is 10.9 Å². The Balaban J connectivity index is 1.34. The van der Waals surface area contributed by atoms with Crippen molar-refractivity contribution in [2.75, 3.05) is 0 Å². The molecule has 2 aromatic rings. The minimum Gasteiger partial charge on any atom is -0.432 e. The summed E-state index contributed by atoms with van der Waals surface area (Å²) in [7, 11) is 0. The number of halogens is 7. The van der Waals surface area contributed by atoms with Crippen LogP contribution in [0, 0.1) is 35.3 Å². The Hall–Kier alpha value is -1.70. The van der Waals surface area contributed by atoms with Crippen molar-refractivity contribution in [1.82, 2.24) is 0 Å². The van der Waals surface area contributed by atoms with Crippen molar-refractivity contribution in [1.29, 1.82) is 0 Å². The zero-order valence-electron chi connectivity index (χ0n) is 20.9. The third-order valence-corrected chi connectivity index (χ3v) is 8.67. The third-order valence-electron chi connectivity index (χ3n) is 8.27. The fourth-order valence-electron chi connectivity index (χ4n) is 6.25. The van der Waals surface area contributed by atoms with Gasteiger partial charge in [0.05, 0.1) is 5.92 Å². The quantitative estimate of drug-likeness (QED) is 0.219. The largest absolute Gasteiger partial charge is 0.432 e. The highest BCUT2D eigenvalue weighted by Gasteiger charge is 2.45. The number of benzene rings is 2. The van der Waals surface area contributed by atoms with Crippen LogP contribution in [0.3, 0.4) is 0 Å². The number of ether oxygens (including phenoxy) is 1. The fraction of sp³-hybridized carbons (Fsp3) is 0.586. The second-order valence-electron chi connectivity index (χ2n) is 10.7. The van der Waals surface area contributed by atoms with E-state index in [1.54, 1.807) is 0 Å². The molecule has 0 N–H and O–H groups in total. The fourth-order valence-corrected chi connectivity index (χ4v) is 6.63. The van der Waals surface area contributed by atoms with Gasteiger partial charge in [-0.25, -0.2) is 8.78 Å². The lowest BCUT2D eigenvalue weighted by molar-refractivity contribution is -0.224. The van der Waals surface area contributed by atoms with Crippen LogP contribution in [0.4, 0.5) is 26.3 Å². The summed E-state index contributed by atoms with van der Waals surface area (Å²) in [6.07, 6.45) is 6.59. The van der Waals surface area contributed by atoms with E-state index in [0.29, 0.717) is 24.7 Å².